The van der Waals surface area contributed by atoms with Crippen molar-refractivity contribution in [1.29, 1.82) is 0 Å². The van der Waals surface area contributed by atoms with Gasteiger partial charge in [-0.2, -0.15) is 5.10 Å². The summed E-state index contributed by atoms with van der Waals surface area (Å²) in [7, 11) is 1.92. The molecule has 14 heavy (non-hydrogen) atoms. The van der Waals surface area contributed by atoms with Crippen molar-refractivity contribution in [3.8, 4) is 0 Å². The lowest BCUT2D eigenvalue weighted by molar-refractivity contribution is 0.0806. The Morgan fingerprint density at radius 2 is 2.36 bits per heavy atom. The second kappa shape index (κ2) is 5.78. The zero-order valence-corrected chi connectivity index (χ0v) is 9.16. The average molecular weight is 197 g/mol. The lowest BCUT2D eigenvalue weighted by atomic mass is 10.4. The van der Waals surface area contributed by atoms with Crippen LogP contribution in [0.15, 0.2) is 12.3 Å². The number of nitrogens with one attached hydrogen (secondary N) is 1. The summed E-state index contributed by atoms with van der Waals surface area (Å²) in [5, 5.41) is 7.53. The molecule has 0 unspecified atom stereocenters. The predicted molar refractivity (Wildman–Crippen MR) is 56.0 cm³/mol. The van der Waals surface area contributed by atoms with Gasteiger partial charge < -0.3 is 10.1 Å². The molecule has 0 aliphatic heterocycles. The van der Waals surface area contributed by atoms with Crippen molar-refractivity contribution >= 4 is 0 Å². The van der Waals surface area contributed by atoms with Crippen molar-refractivity contribution in [1.82, 2.24) is 15.1 Å². The Hall–Kier alpha value is -0.870. The van der Waals surface area contributed by atoms with Gasteiger partial charge in [0, 0.05) is 26.3 Å². The quantitative estimate of drug-likeness (QED) is 0.690. The highest BCUT2D eigenvalue weighted by Crippen LogP contribution is 1.92. The maximum absolute atomic E-state index is 5.40. The van der Waals surface area contributed by atoms with Gasteiger partial charge >= 0.3 is 0 Å². The van der Waals surface area contributed by atoms with Gasteiger partial charge in [0.2, 0.25) is 0 Å². The number of rotatable bonds is 6. The number of hydrogen-bond donors (Lipinski definition) is 1. The summed E-state index contributed by atoms with van der Waals surface area (Å²) in [5.41, 5.74) is 1.07. The molecule has 1 heterocycles. The summed E-state index contributed by atoms with van der Waals surface area (Å²) >= 11 is 0. The Morgan fingerprint density at radius 1 is 1.57 bits per heavy atom. The van der Waals surface area contributed by atoms with Gasteiger partial charge in [0.1, 0.15) is 0 Å². The summed E-state index contributed by atoms with van der Waals surface area (Å²) in [6.45, 7) is 6.51. The molecule has 1 rings (SSSR count). The van der Waals surface area contributed by atoms with Crippen LogP contribution in [0.3, 0.4) is 0 Å². The third kappa shape index (κ3) is 4.39. The predicted octanol–water partition coefficient (Wildman–Crippen LogP) is 0.935. The van der Waals surface area contributed by atoms with Gasteiger partial charge in [0.15, 0.2) is 0 Å². The van der Waals surface area contributed by atoms with Gasteiger partial charge in [-0.1, -0.05) is 0 Å². The molecule has 1 aromatic rings. The first-order chi connectivity index (χ1) is 6.68. The summed E-state index contributed by atoms with van der Waals surface area (Å²) in [6, 6.07) is 2.01. The number of hydrogen-bond acceptors (Lipinski definition) is 3. The van der Waals surface area contributed by atoms with Crippen LogP contribution >= 0.6 is 0 Å². The third-order valence-corrected chi connectivity index (χ3v) is 1.80. The van der Waals surface area contributed by atoms with E-state index in [1.807, 2.05) is 37.8 Å². The van der Waals surface area contributed by atoms with Gasteiger partial charge in [-0.15, -0.1) is 0 Å². The van der Waals surface area contributed by atoms with Crippen molar-refractivity contribution in [2.75, 3.05) is 13.2 Å². The van der Waals surface area contributed by atoms with Gasteiger partial charge in [-0.05, 0) is 19.9 Å². The first-order valence-electron chi connectivity index (χ1n) is 4.99. The van der Waals surface area contributed by atoms with Gasteiger partial charge in [0.25, 0.3) is 0 Å². The van der Waals surface area contributed by atoms with E-state index in [9.17, 15) is 0 Å². The Morgan fingerprint density at radius 3 is 2.93 bits per heavy atom. The molecule has 4 nitrogen and oxygen atoms in total. The monoisotopic (exact) mass is 197 g/mol. The maximum Gasteiger partial charge on any atom is 0.0762 e. The minimum absolute atomic E-state index is 0.312. The molecule has 1 aromatic heterocycles. The van der Waals surface area contributed by atoms with Gasteiger partial charge in [-0.3, -0.25) is 4.68 Å². The van der Waals surface area contributed by atoms with E-state index in [2.05, 4.69) is 10.4 Å². The summed E-state index contributed by atoms with van der Waals surface area (Å²) in [4.78, 5) is 0. The van der Waals surface area contributed by atoms with E-state index in [1.165, 1.54) is 0 Å². The number of aromatic nitrogens is 2. The Balaban J connectivity index is 2.04. The van der Waals surface area contributed by atoms with Crippen molar-refractivity contribution in [2.24, 2.45) is 7.05 Å². The van der Waals surface area contributed by atoms with Crippen molar-refractivity contribution in [3.05, 3.63) is 18.0 Å². The summed E-state index contributed by atoms with van der Waals surface area (Å²) in [5.74, 6) is 0. The normalized spacial score (nSPS) is 11.1. The molecule has 0 atom stereocenters. The van der Waals surface area contributed by atoms with Crippen LogP contribution < -0.4 is 5.32 Å². The molecular formula is C10H19N3O. The first kappa shape index (κ1) is 11.2. The second-order valence-corrected chi connectivity index (χ2v) is 3.58. The van der Waals surface area contributed by atoms with Crippen LogP contribution in [0.1, 0.15) is 19.5 Å². The highest BCUT2D eigenvalue weighted by Gasteiger charge is 1.96. The standard InChI is InChI=1S/C10H19N3O/c1-9(2)14-7-5-11-8-10-4-6-13(3)12-10/h4,6,9,11H,5,7-8H2,1-3H3. The smallest absolute Gasteiger partial charge is 0.0762 e. The number of nitrogens with zero attached hydrogens (tertiary/aromatic N) is 2. The number of ether oxygens (including phenoxy) is 1. The fraction of sp³-hybridized carbons (Fsp3) is 0.700. The van der Waals surface area contributed by atoms with E-state index >= 15 is 0 Å². The first-order valence-corrected chi connectivity index (χ1v) is 4.99. The van der Waals surface area contributed by atoms with E-state index in [0.717, 1.165) is 25.4 Å². The highest BCUT2D eigenvalue weighted by atomic mass is 16.5. The molecule has 0 amide bonds. The molecule has 0 radical (unpaired) electrons. The average Bonchev–Trinajstić information content (AvgIpc) is 2.50. The highest BCUT2D eigenvalue weighted by molar-refractivity contribution is 4.97. The molecule has 0 saturated heterocycles. The van der Waals surface area contributed by atoms with E-state index in [-0.39, 0.29) is 0 Å². The van der Waals surface area contributed by atoms with Gasteiger partial charge in [0.05, 0.1) is 18.4 Å². The molecule has 0 spiro atoms. The van der Waals surface area contributed by atoms with Crippen LogP contribution in [-0.4, -0.2) is 29.0 Å². The Bertz CT molecular complexity index is 258. The van der Waals surface area contributed by atoms with E-state index in [0.29, 0.717) is 6.10 Å². The Labute approximate surface area is 85.3 Å². The minimum Gasteiger partial charge on any atom is -0.377 e. The molecule has 80 valence electrons. The lowest BCUT2D eigenvalue weighted by Crippen LogP contribution is -2.21. The zero-order chi connectivity index (χ0) is 10.4. The van der Waals surface area contributed by atoms with E-state index in [1.54, 1.807) is 0 Å². The molecule has 0 bridgehead atoms. The molecule has 0 aromatic carbocycles. The fourth-order valence-corrected chi connectivity index (χ4v) is 1.14. The molecule has 1 N–H and O–H groups in total. The number of aryl methyl sites for hydroxylation is 1. The fourth-order valence-electron chi connectivity index (χ4n) is 1.14. The van der Waals surface area contributed by atoms with E-state index in [4.69, 9.17) is 4.74 Å². The van der Waals surface area contributed by atoms with E-state index < -0.39 is 0 Å². The van der Waals surface area contributed by atoms with Gasteiger partial charge in [-0.25, -0.2) is 0 Å². The van der Waals surface area contributed by atoms with Crippen molar-refractivity contribution < 1.29 is 4.74 Å². The SMILES string of the molecule is CC(C)OCCNCc1ccn(C)n1. The molecule has 0 fully saturated rings. The topological polar surface area (TPSA) is 39.1 Å². The van der Waals surface area contributed by atoms with Crippen molar-refractivity contribution in [2.45, 2.75) is 26.5 Å². The zero-order valence-electron chi connectivity index (χ0n) is 9.16. The minimum atomic E-state index is 0.312. The van der Waals surface area contributed by atoms with Crippen LogP contribution in [-0.2, 0) is 18.3 Å². The van der Waals surface area contributed by atoms with Crippen molar-refractivity contribution in [3.63, 3.8) is 0 Å². The van der Waals surface area contributed by atoms with Crippen LogP contribution in [0.25, 0.3) is 0 Å². The molecular weight excluding hydrogens is 178 g/mol. The maximum atomic E-state index is 5.40. The van der Waals surface area contributed by atoms with Crippen LogP contribution in [0.5, 0.6) is 0 Å². The lowest BCUT2D eigenvalue weighted by Gasteiger charge is -2.07. The molecule has 0 aliphatic carbocycles. The molecule has 0 saturated carbocycles. The summed E-state index contributed by atoms with van der Waals surface area (Å²) in [6.07, 6.45) is 2.26. The van der Waals surface area contributed by atoms with Crippen LogP contribution in [0.2, 0.25) is 0 Å². The Kier molecular flexibility index (Phi) is 4.62. The van der Waals surface area contributed by atoms with Crippen LogP contribution in [0, 0.1) is 0 Å². The third-order valence-electron chi connectivity index (χ3n) is 1.80. The summed E-state index contributed by atoms with van der Waals surface area (Å²) < 4.78 is 7.20. The largest absolute Gasteiger partial charge is 0.377 e. The second-order valence-electron chi connectivity index (χ2n) is 3.58. The van der Waals surface area contributed by atoms with Crippen LogP contribution in [0.4, 0.5) is 0 Å². The molecule has 4 heteroatoms. The molecule has 0 aliphatic rings.